The Morgan fingerprint density at radius 2 is 2.09 bits per heavy atom. The van der Waals surface area contributed by atoms with E-state index in [2.05, 4.69) is 10.3 Å². The molecule has 1 aromatic heterocycles. The smallest absolute Gasteiger partial charge is 0.308 e. The highest BCUT2D eigenvalue weighted by Gasteiger charge is 2.43. The van der Waals surface area contributed by atoms with Gasteiger partial charge in [0.05, 0.1) is 30.0 Å². The molecule has 23 heavy (non-hydrogen) atoms. The van der Waals surface area contributed by atoms with Gasteiger partial charge < -0.3 is 5.11 Å². The largest absolute Gasteiger partial charge is 0.481 e. The number of nitrogens with zero attached hydrogens (tertiary/aromatic N) is 4. The molecule has 0 amide bonds. The average Bonchev–Trinajstić information content (AvgIpc) is 2.94. The molecule has 0 saturated carbocycles. The minimum atomic E-state index is -3.01. The van der Waals surface area contributed by atoms with Gasteiger partial charge in [-0.05, 0) is 12.1 Å². The van der Waals surface area contributed by atoms with Crippen LogP contribution in [0.3, 0.4) is 0 Å². The molecule has 0 bridgehead atoms. The van der Waals surface area contributed by atoms with Gasteiger partial charge >= 0.3 is 5.97 Å². The van der Waals surface area contributed by atoms with Gasteiger partial charge in [-0.1, -0.05) is 23.4 Å². The standard InChI is InChI=1S/C15H16F2N4O2/c16-15(17)6-11(14(22)23)8-20(10-15)9-13-7-18-19-21(13)12-4-2-1-3-5-12/h1-5,7,11H,6,8-10H2,(H,22,23). The van der Waals surface area contributed by atoms with E-state index in [1.54, 1.807) is 4.68 Å². The molecular weight excluding hydrogens is 306 g/mol. The van der Waals surface area contributed by atoms with E-state index in [0.29, 0.717) is 5.69 Å². The average molecular weight is 322 g/mol. The van der Waals surface area contributed by atoms with E-state index < -0.39 is 30.8 Å². The van der Waals surface area contributed by atoms with Crippen LogP contribution in [0.25, 0.3) is 5.69 Å². The van der Waals surface area contributed by atoms with E-state index in [4.69, 9.17) is 5.11 Å². The Labute approximate surface area is 131 Å². The topological polar surface area (TPSA) is 71.2 Å². The van der Waals surface area contributed by atoms with Crippen molar-refractivity contribution < 1.29 is 18.7 Å². The molecule has 1 N–H and O–H groups in total. The summed E-state index contributed by atoms with van der Waals surface area (Å²) in [7, 11) is 0. The first-order valence-electron chi connectivity index (χ1n) is 7.22. The van der Waals surface area contributed by atoms with Crippen molar-refractivity contribution in [1.82, 2.24) is 19.9 Å². The van der Waals surface area contributed by atoms with E-state index in [9.17, 15) is 13.6 Å². The van der Waals surface area contributed by atoms with E-state index in [1.165, 1.54) is 11.1 Å². The third kappa shape index (κ3) is 3.53. The predicted octanol–water partition coefficient (Wildman–Crippen LogP) is 1.81. The molecule has 1 atom stereocenters. The van der Waals surface area contributed by atoms with Gasteiger partial charge in [0.15, 0.2) is 0 Å². The monoisotopic (exact) mass is 322 g/mol. The first-order valence-corrected chi connectivity index (χ1v) is 7.22. The van der Waals surface area contributed by atoms with Crippen molar-refractivity contribution in [2.75, 3.05) is 13.1 Å². The van der Waals surface area contributed by atoms with E-state index in [-0.39, 0.29) is 13.1 Å². The lowest BCUT2D eigenvalue weighted by Crippen LogP contribution is -2.48. The van der Waals surface area contributed by atoms with Crippen molar-refractivity contribution in [2.24, 2.45) is 5.92 Å². The number of carboxylic acid groups (broad SMARTS) is 1. The third-order valence-electron chi connectivity index (χ3n) is 3.83. The summed E-state index contributed by atoms with van der Waals surface area (Å²) in [6.07, 6.45) is 0.893. The van der Waals surface area contributed by atoms with Gasteiger partial charge in [0, 0.05) is 19.5 Å². The summed E-state index contributed by atoms with van der Waals surface area (Å²) < 4.78 is 29.1. The summed E-state index contributed by atoms with van der Waals surface area (Å²) in [4.78, 5) is 12.5. The summed E-state index contributed by atoms with van der Waals surface area (Å²) in [6, 6.07) is 9.22. The number of alkyl halides is 2. The first-order chi connectivity index (χ1) is 10.9. The van der Waals surface area contributed by atoms with Gasteiger partial charge in [0.1, 0.15) is 0 Å². The van der Waals surface area contributed by atoms with Crippen LogP contribution in [0.15, 0.2) is 36.5 Å². The van der Waals surface area contributed by atoms with Gasteiger partial charge in [-0.25, -0.2) is 13.5 Å². The molecule has 8 heteroatoms. The van der Waals surface area contributed by atoms with Crippen molar-refractivity contribution in [2.45, 2.75) is 18.9 Å². The first kappa shape index (κ1) is 15.5. The van der Waals surface area contributed by atoms with E-state index in [0.717, 1.165) is 5.69 Å². The van der Waals surface area contributed by atoms with Gasteiger partial charge in [0.2, 0.25) is 0 Å². The zero-order chi connectivity index (χ0) is 16.4. The Bertz CT molecular complexity index is 690. The van der Waals surface area contributed by atoms with Crippen LogP contribution in [0.5, 0.6) is 0 Å². The van der Waals surface area contributed by atoms with Gasteiger partial charge in [-0.15, -0.1) is 5.10 Å². The van der Waals surface area contributed by atoms with Crippen LogP contribution in [0.2, 0.25) is 0 Å². The molecule has 1 saturated heterocycles. The lowest BCUT2D eigenvalue weighted by Gasteiger charge is -2.35. The summed E-state index contributed by atoms with van der Waals surface area (Å²) in [5.41, 5.74) is 1.41. The predicted molar refractivity (Wildman–Crippen MR) is 77.3 cm³/mol. The molecule has 2 aromatic rings. The van der Waals surface area contributed by atoms with Crippen LogP contribution >= 0.6 is 0 Å². The molecule has 3 rings (SSSR count). The third-order valence-corrected chi connectivity index (χ3v) is 3.83. The summed E-state index contributed by atoms with van der Waals surface area (Å²) in [5, 5.41) is 16.9. The second-order valence-corrected chi connectivity index (χ2v) is 5.74. The van der Waals surface area contributed by atoms with Crippen LogP contribution in [0.1, 0.15) is 12.1 Å². The normalized spacial score (nSPS) is 21.2. The Balaban J connectivity index is 1.80. The van der Waals surface area contributed by atoms with Gasteiger partial charge in [-0.2, -0.15) is 0 Å². The van der Waals surface area contributed by atoms with E-state index in [1.807, 2.05) is 30.3 Å². The van der Waals surface area contributed by atoms with Crippen molar-refractivity contribution in [3.63, 3.8) is 0 Å². The molecule has 1 unspecified atom stereocenters. The van der Waals surface area contributed by atoms with Crippen LogP contribution < -0.4 is 0 Å². The molecule has 6 nitrogen and oxygen atoms in total. The lowest BCUT2D eigenvalue weighted by molar-refractivity contribution is -0.153. The Morgan fingerprint density at radius 1 is 1.35 bits per heavy atom. The van der Waals surface area contributed by atoms with Crippen molar-refractivity contribution in [3.05, 3.63) is 42.2 Å². The summed E-state index contributed by atoms with van der Waals surface area (Å²) in [6.45, 7) is -0.205. The number of likely N-dealkylation sites (tertiary alicyclic amines) is 1. The second-order valence-electron chi connectivity index (χ2n) is 5.74. The fourth-order valence-corrected chi connectivity index (χ4v) is 2.86. The van der Waals surface area contributed by atoms with Crippen molar-refractivity contribution >= 4 is 5.97 Å². The zero-order valence-corrected chi connectivity index (χ0v) is 12.3. The minimum absolute atomic E-state index is 0.0882. The Kier molecular flexibility index (Phi) is 4.08. The Morgan fingerprint density at radius 3 is 2.78 bits per heavy atom. The number of aromatic nitrogens is 3. The number of para-hydroxylation sites is 1. The Hall–Kier alpha value is -2.35. The zero-order valence-electron chi connectivity index (χ0n) is 12.3. The molecule has 1 fully saturated rings. The van der Waals surface area contributed by atoms with Crippen molar-refractivity contribution in [1.29, 1.82) is 0 Å². The highest BCUT2D eigenvalue weighted by atomic mass is 19.3. The number of benzene rings is 1. The maximum absolute atomic E-state index is 13.8. The van der Waals surface area contributed by atoms with Gasteiger partial charge in [0.25, 0.3) is 5.92 Å². The molecule has 0 radical (unpaired) electrons. The molecule has 2 heterocycles. The van der Waals surface area contributed by atoms with Crippen LogP contribution in [-0.2, 0) is 11.3 Å². The SMILES string of the molecule is O=C(O)C1CN(Cc2cnnn2-c2ccccc2)CC(F)(F)C1. The molecule has 1 aromatic carbocycles. The lowest BCUT2D eigenvalue weighted by atomic mass is 9.95. The summed E-state index contributed by atoms with van der Waals surface area (Å²) in [5.74, 6) is -5.27. The fraction of sp³-hybridized carbons (Fsp3) is 0.400. The number of hydrogen-bond acceptors (Lipinski definition) is 4. The number of carbonyl (C=O) groups is 1. The quantitative estimate of drug-likeness (QED) is 0.929. The summed E-state index contributed by atoms with van der Waals surface area (Å²) >= 11 is 0. The minimum Gasteiger partial charge on any atom is -0.481 e. The highest BCUT2D eigenvalue weighted by molar-refractivity contribution is 5.70. The van der Waals surface area contributed by atoms with Crippen LogP contribution in [0.4, 0.5) is 8.78 Å². The maximum Gasteiger partial charge on any atom is 0.308 e. The van der Waals surface area contributed by atoms with Crippen LogP contribution in [-0.4, -0.2) is 50.0 Å². The number of rotatable bonds is 4. The number of aliphatic carboxylic acids is 1. The van der Waals surface area contributed by atoms with Crippen LogP contribution in [0, 0.1) is 5.92 Å². The molecule has 0 aliphatic carbocycles. The molecular formula is C15H16F2N4O2. The highest BCUT2D eigenvalue weighted by Crippen LogP contribution is 2.31. The molecule has 122 valence electrons. The number of hydrogen-bond donors (Lipinski definition) is 1. The van der Waals surface area contributed by atoms with Crippen molar-refractivity contribution in [3.8, 4) is 5.69 Å². The maximum atomic E-state index is 13.8. The van der Waals surface area contributed by atoms with E-state index >= 15 is 0 Å². The number of halogens is 2. The molecule has 1 aliphatic heterocycles. The van der Waals surface area contributed by atoms with Gasteiger partial charge in [-0.3, -0.25) is 9.69 Å². The molecule has 0 spiro atoms. The number of piperidine rings is 1. The number of carboxylic acids is 1. The molecule has 1 aliphatic rings. The fourth-order valence-electron chi connectivity index (χ4n) is 2.86. The second kappa shape index (κ2) is 6.04.